The van der Waals surface area contributed by atoms with Crippen LogP contribution in [0.1, 0.15) is 31.8 Å². The zero-order valence-corrected chi connectivity index (χ0v) is 19.0. The number of nitrogens with one attached hydrogen (secondary N) is 2. The minimum atomic E-state index is -0.613. The molecule has 3 aromatic carbocycles. The van der Waals surface area contributed by atoms with Crippen molar-refractivity contribution in [2.24, 2.45) is 5.10 Å². The van der Waals surface area contributed by atoms with Crippen LogP contribution in [-0.2, 0) is 4.79 Å². The zero-order chi connectivity index (χ0) is 23.8. The molecule has 2 amide bonds. The molecule has 3 aromatic rings. The molecule has 0 aliphatic heterocycles. The Labute approximate surface area is 200 Å². The summed E-state index contributed by atoms with van der Waals surface area (Å²) in [6.07, 6.45) is 1.42. The second kappa shape index (κ2) is 11.3. The molecule has 0 radical (unpaired) electrons. The van der Waals surface area contributed by atoms with E-state index in [2.05, 4.69) is 15.8 Å². The number of carbonyl (C=O) groups is 3. The maximum Gasteiger partial charge on any atom is 0.345 e. The van der Waals surface area contributed by atoms with Gasteiger partial charge in [0.15, 0.2) is 0 Å². The van der Waals surface area contributed by atoms with Crippen molar-refractivity contribution in [2.75, 3.05) is 6.54 Å². The van der Waals surface area contributed by atoms with Gasteiger partial charge in [-0.2, -0.15) is 5.10 Å². The van der Waals surface area contributed by atoms with Gasteiger partial charge in [-0.1, -0.05) is 40.9 Å². The van der Waals surface area contributed by atoms with E-state index in [1.54, 1.807) is 48.5 Å². The van der Waals surface area contributed by atoms with Crippen molar-refractivity contribution in [1.82, 2.24) is 10.7 Å². The van der Waals surface area contributed by atoms with Crippen LogP contribution in [0.15, 0.2) is 71.8 Å². The van der Waals surface area contributed by atoms with Crippen LogP contribution >= 0.6 is 23.2 Å². The van der Waals surface area contributed by atoms with Crippen LogP contribution in [0, 0.1) is 6.92 Å². The summed E-state index contributed by atoms with van der Waals surface area (Å²) in [7, 11) is 0. The number of amides is 2. The van der Waals surface area contributed by atoms with E-state index in [9.17, 15) is 14.4 Å². The third kappa shape index (κ3) is 7.17. The van der Waals surface area contributed by atoms with E-state index in [0.29, 0.717) is 21.9 Å². The maximum atomic E-state index is 12.2. The summed E-state index contributed by atoms with van der Waals surface area (Å²) < 4.78 is 5.30. The summed E-state index contributed by atoms with van der Waals surface area (Å²) in [5, 5.41) is 7.00. The van der Waals surface area contributed by atoms with E-state index in [4.69, 9.17) is 27.9 Å². The van der Waals surface area contributed by atoms with E-state index in [1.165, 1.54) is 18.3 Å². The minimum absolute atomic E-state index is 0.196. The van der Waals surface area contributed by atoms with Crippen molar-refractivity contribution in [3.63, 3.8) is 0 Å². The van der Waals surface area contributed by atoms with Crippen molar-refractivity contribution >= 4 is 47.2 Å². The standard InChI is InChI=1S/C24H19Cl2N3O4/c1-15-3-2-4-17(11-15)23(31)27-14-22(30)29-28-13-16-5-8-19(9-6-16)33-24(32)20-10-7-18(25)12-21(20)26/h2-13H,14H2,1H3,(H,27,31)(H,29,30)/b28-13+. The Kier molecular flexibility index (Phi) is 8.18. The Morgan fingerprint density at radius 3 is 2.45 bits per heavy atom. The molecule has 0 bridgehead atoms. The molecule has 0 unspecified atom stereocenters. The van der Waals surface area contributed by atoms with Crippen LogP contribution in [0.3, 0.4) is 0 Å². The summed E-state index contributed by atoms with van der Waals surface area (Å²) >= 11 is 11.8. The van der Waals surface area contributed by atoms with Crippen LogP contribution in [0.25, 0.3) is 0 Å². The third-order valence-corrected chi connectivity index (χ3v) is 4.88. The Morgan fingerprint density at radius 2 is 1.76 bits per heavy atom. The van der Waals surface area contributed by atoms with Crippen molar-refractivity contribution in [2.45, 2.75) is 6.92 Å². The van der Waals surface area contributed by atoms with Gasteiger partial charge in [-0.25, -0.2) is 10.2 Å². The highest BCUT2D eigenvalue weighted by Crippen LogP contribution is 2.23. The fourth-order valence-electron chi connectivity index (χ4n) is 2.71. The first kappa shape index (κ1) is 24.0. The number of hydrogen-bond acceptors (Lipinski definition) is 5. The molecule has 0 saturated carbocycles. The molecule has 2 N–H and O–H groups in total. The molecule has 0 heterocycles. The number of rotatable bonds is 7. The quantitative estimate of drug-likeness (QED) is 0.225. The second-order valence-corrected chi connectivity index (χ2v) is 7.77. The zero-order valence-electron chi connectivity index (χ0n) is 17.5. The summed E-state index contributed by atoms with van der Waals surface area (Å²) in [5.74, 6) is -1.12. The lowest BCUT2D eigenvalue weighted by atomic mass is 10.1. The molecule has 9 heteroatoms. The van der Waals surface area contributed by atoms with E-state index in [1.807, 2.05) is 13.0 Å². The first-order valence-corrected chi connectivity index (χ1v) is 10.5. The molecule has 33 heavy (non-hydrogen) atoms. The first-order chi connectivity index (χ1) is 15.8. The lowest BCUT2D eigenvalue weighted by Gasteiger charge is -2.06. The molecule has 7 nitrogen and oxygen atoms in total. The summed E-state index contributed by atoms with van der Waals surface area (Å²) in [5.41, 5.74) is 4.61. The van der Waals surface area contributed by atoms with E-state index in [0.717, 1.165) is 5.56 Å². The molecule has 0 spiro atoms. The topological polar surface area (TPSA) is 96.9 Å². The van der Waals surface area contributed by atoms with Gasteiger partial charge in [0, 0.05) is 10.6 Å². The molecule has 0 saturated heterocycles. The molecule has 0 aromatic heterocycles. The smallest absolute Gasteiger partial charge is 0.345 e. The fourth-order valence-corrected chi connectivity index (χ4v) is 3.19. The van der Waals surface area contributed by atoms with Gasteiger partial charge >= 0.3 is 5.97 Å². The predicted molar refractivity (Wildman–Crippen MR) is 127 cm³/mol. The van der Waals surface area contributed by atoms with Gasteiger partial charge < -0.3 is 10.1 Å². The molecular weight excluding hydrogens is 465 g/mol. The summed E-state index contributed by atoms with van der Waals surface area (Å²) in [4.78, 5) is 36.2. The van der Waals surface area contributed by atoms with Gasteiger partial charge in [-0.3, -0.25) is 9.59 Å². The van der Waals surface area contributed by atoms with Crippen LogP contribution in [-0.4, -0.2) is 30.5 Å². The average molecular weight is 484 g/mol. The third-order valence-electron chi connectivity index (χ3n) is 4.33. The van der Waals surface area contributed by atoms with Crippen LogP contribution in [0.2, 0.25) is 10.0 Å². The SMILES string of the molecule is Cc1cccc(C(=O)NCC(=O)N/N=C/c2ccc(OC(=O)c3ccc(Cl)cc3Cl)cc2)c1. The molecule has 3 rings (SSSR count). The Bertz CT molecular complexity index is 1210. The number of ether oxygens (including phenoxy) is 1. The van der Waals surface area contributed by atoms with Crippen molar-refractivity contribution in [3.05, 3.63) is 99.0 Å². The molecule has 168 valence electrons. The lowest BCUT2D eigenvalue weighted by Crippen LogP contribution is -2.34. The molecular formula is C24H19Cl2N3O4. The molecule has 0 atom stereocenters. The van der Waals surface area contributed by atoms with Crippen molar-refractivity contribution in [1.29, 1.82) is 0 Å². The highest BCUT2D eigenvalue weighted by atomic mass is 35.5. The Morgan fingerprint density at radius 1 is 1.00 bits per heavy atom. The summed E-state index contributed by atoms with van der Waals surface area (Å²) in [6, 6.07) is 18.0. The van der Waals surface area contributed by atoms with Gasteiger partial charge in [0.25, 0.3) is 11.8 Å². The first-order valence-electron chi connectivity index (χ1n) is 9.76. The van der Waals surface area contributed by atoms with E-state index in [-0.39, 0.29) is 23.0 Å². The average Bonchev–Trinajstić information content (AvgIpc) is 2.78. The predicted octanol–water partition coefficient (Wildman–Crippen LogP) is 4.40. The van der Waals surface area contributed by atoms with Gasteiger partial charge in [0.05, 0.1) is 23.3 Å². The number of hydrogen-bond donors (Lipinski definition) is 2. The maximum absolute atomic E-state index is 12.2. The number of aryl methyl sites for hydroxylation is 1. The number of esters is 1. The number of benzene rings is 3. The highest BCUT2D eigenvalue weighted by molar-refractivity contribution is 6.36. The number of nitrogens with zero attached hydrogens (tertiary/aromatic N) is 1. The number of hydrazone groups is 1. The van der Waals surface area contributed by atoms with Gasteiger partial charge in [-0.05, 0) is 67.1 Å². The molecule has 0 aliphatic rings. The lowest BCUT2D eigenvalue weighted by molar-refractivity contribution is -0.120. The largest absolute Gasteiger partial charge is 0.423 e. The highest BCUT2D eigenvalue weighted by Gasteiger charge is 2.13. The van der Waals surface area contributed by atoms with Crippen molar-refractivity contribution < 1.29 is 19.1 Å². The Hall–Kier alpha value is -3.68. The van der Waals surface area contributed by atoms with Gasteiger partial charge in [-0.15, -0.1) is 0 Å². The van der Waals surface area contributed by atoms with Crippen LogP contribution in [0.4, 0.5) is 0 Å². The second-order valence-electron chi connectivity index (χ2n) is 6.93. The van der Waals surface area contributed by atoms with E-state index < -0.39 is 11.9 Å². The molecule has 0 fully saturated rings. The summed E-state index contributed by atoms with van der Waals surface area (Å²) in [6.45, 7) is 1.66. The molecule has 0 aliphatic carbocycles. The van der Waals surface area contributed by atoms with Gasteiger partial charge in [0.2, 0.25) is 0 Å². The van der Waals surface area contributed by atoms with Crippen molar-refractivity contribution in [3.8, 4) is 5.75 Å². The fraction of sp³-hybridized carbons (Fsp3) is 0.0833. The minimum Gasteiger partial charge on any atom is -0.423 e. The van der Waals surface area contributed by atoms with E-state index >= 15 is 0 Å². The van der Waals surface area contributed by atoms with Gasteiger partial charge in [0.1, 0.15) is 5.75 Å². The number of carbonyl (C=O) groups excluding carboxylic acids is 3. The number of halogens is 2. The van der Waals surface area contributed by atoms with Crippen LogP contribution < -0.4 is 15.5 Å². The van der Waals surface area contributed by atoms with Crippen LogP contribution in [0.5, 0.6) is 5.75 Å². The normalized spacial score (nSPS) is 10.6. The Balaban J connectivity index is 1.47. The monoisotopic (exact) mass is 483 g/mol.